The molecule has 0 atom stereocenters. The number of anilines is 3. The van der Waals surface area contributed by atoms with Gasteiger partial charge in [-0.25, -0.2) is 0 Å². The Labute approximate surface area is 240 Å². The predicted molar refractivity (Wildman–Crippen MR) is 171 cm³/mol. The van der Waals surface area contributed by atoms with Crippen molar-refractivity contribution in [1.82, 2.24) is 0 Å². The maximum absolute atomic E-state index is 6.35. The Hall–Kier alpha value is -5.08. The molecule has 7 aromatic rings. The quantitative estimate of drug-likeness (QED) is 0.226. The summed E-state index contributed by atoms with van der Waals surface area (Å²) in [6, 6.07) is 49.9. The highest BCUT2D eigenvalue weighted by molar-refractivity contribution is 6.06. The largest absolute Gasteiger partial charge is 0.456 e. The monoisotopic (exact) mass is 527 g/mol. The van der Waals surface area contributed by atoms with E-state index in [0.29, 0.717) is 0 Å². The molecule has 0 aliphatic heterocycles. The summed E-state index contributed by atoms with van der Waals surface area (Å²) in [7, 11) is 0. The van der Waals surface area contributed by atoms with Crippen molar-refractivity contribution in [2.45, 2.75) is 19.3 Å². The van der Waals surface area contributed by atoms with E-state index in [2.05, 4.69) is 146 Å². The third-order valence-electron chi connectivity index (χ3n) is 8.68. The lowest BCUT2D eigenvalue weighted by atomic mass is 9.82. The number of furan rings is 1. The number of hydrogen-bond acceptors (Lipinski definition) is 2. The second kappa shape index (κ2) is 8.97. The first-order valence-corrected chi connectivity index (χ1v) is 14.2. The molecule has 2 nitrogen and oxygen atoms in total. The standard InChI is InChI=1S/C39H29NO/c1-39(2)33-15-8-6-14-32(33)38-34(39)16-10-17-35(38)40(28-21-19-27(20-22-28)26-11-4-3-5-12-26)29-23-24-31-30-13-7-9-18-36(30)41-37(31)25-29/h3-25H,1-2H3. The van der Waals surface area contributed by atoms with E-state index < -0.39 is 0 Å². The van der Waals surface area contributed by atoms with Crippen molar-refractivity contribution in [3.05, 3.63) is 151 Å². The number of nitrogens with zero attached hydrogens (tertiary/aromatic N) is 1. The molecule has 1 heterocycles. The van der Waals surface area contributed by atoms with Gasteiger partial charge in [-0.2, -0.15) is 0 Å². The highest BCUT2D eigenvalue weighted by Gasteiger charge is 2.37. The average molecular weight is 528 g/mol. The summed E-state index contributed by atoms with van der Waals surface area (Å²) in [5.41, 5.74) is 12.8. The zero-order chi connectivity index (χ0) is 27.6. The molecule has 1 aliphatic carbocycles. The molecule has 1 aromatic heterocycles. The molecule has 0 saturated carbocycles. The van der Waals surface area contributed by atoms with Gasteiger partial charge in [-0.1, -0.05) is 111 Å². The van der Waals surface area contributed by atoms with Gasteiger partial charge >= 0.3 is 0 Å². The van der Waals surface area contributed by atoms with Crippen LogP contribution in [-0.4, -0.2) is 0 Å². The minimum Gasteiger partial charge on any atom is -0.456 e. The van der Waals surface area contributed by atoms with Gasteiger partial charge in [0.05, 0.1) is 5.69 Å². The molecule has 0 spiro atoms. The van der Waals surface area contributed by atoms with Crippen LogP contribution in [0.3, 0.4) is 0 Å². The van der Waals surface area contributed by atoms with Crippen molar-refractivity contribution in [2.24, 2.45) is 0 Å². The van der Waals surface area contributed by atoms with Crippen LogP contribution in [0.25, 0.3) is 44.2 Å². The van der Waals surface area contributed by atoms with Crippen LogP contribution >= 0.6 is 0 Å². The molecule has 0 unspecified atom stereocenters. The third kappa shape index (κ3) is 3.64. The van der Waals surface area contributed by atoms with Gasteiger partial charge in [0.15, 0.2) is 0 Å². The zero-order valence-corrected chi connectivity index (χ0v) is 23.1. The van der Waals surface area contributed by atoms with Crippen LogP contribution in [0.15, 0.2) is 144 Å². The van der Waals surface area contributed by atoms with Crippen LogP contribution in [0.5, 0.6) is 0 Å². The molecule has 0 saturated heterocycles. The van der Waals surface area contributed by atoms with Crippen LogP contribution in [0.1, 0.15) is 25.0 Å². The highest BCUT2D eigenvalue weighted by Crippen LogP contribution is 2.54. The summed E-state index contributed by atoms with van der Waals surface area (Å²) in [5, 5.41) is 2.28. The molecule has 6 aromatic carbocycles. The number of para-hydroxylation sites is 1. The molecule has 0 fully saturated rings. The molecule has 8 rings (SSSR count). The van der Waals surface area contributed by atoms with Crippen LogP contribution in [0.4, 0.5) is 17.1 Å². The summed E-state index contributed by atoms with van der Waals surface area (Å²) >= 11 is 0. The lowest BCUT2D eigenvalue weighted by molar-refractivity contribution is 0.660. The number of hydrogen-bond donors (Lipinski definition) is 0. The van der Waals surface area contributed by atoms with Crippen LogP contribution < -0.4 is 4.90 Å². The van der Waals surface area contributed by atoms with Gasteiger partial charge in [-0.05, 0) is 64.2 Å². The molecule has 0 amide bonds. The lowest BCUT2D eigenvalue weighted by Gasteiger charge is -2.29. The van der Waals surface area contributed by atoms with E-state index in [4.69, 9.17) is 4.42 Å². The zero-order valence-electron chi connectivity index (χ0n) is 23.1. The van der Waals surface area contributed by atoms with E-state index in [0.717, 1.165) is 33.3 Å². The normalized spacial score (nSPS) is 13.3. The molecule has 0 N–H and O–H groups in total. The summed E-state index contributed by atoms with van der Waals surface area (Å²) in [4.78, 5) is 2.39. The topological polar surface area (TPSA) is 16.4 Å². The number of rotatable bonds is 4. The maximum Gasteiger partial charge on any atom is 0.137 e. The van der Waals surface area contributed by atoms with E-state index >= 15 is 0 Å². The van der Waals surface area contributed by atoms with E-state index in [1.165, 1.54) is 39.1 Å². The molecular weight excluding hydrogens is 498 g/mol. The third-order valence-corrected chi connectivity index (χ3v) is 8.68. The SMILES string of the molecule is CC1(C)c2ccccc2-c2c(N(c3ccc(-c4ccccc4)cc3)c3ccc4c(c3)oc3ccccc34)cccc21. The molecule has 2 heteroatoms. The lowest BCUT2D eigenvalue weighted by Crippen LogP contribution is -2.16. The van der Waals surface area contributed by atoms with Crippen LogP contribution in [-0.2, 0) is 5.41 Å². The van der Waals surface area contributed by atoms with Crippen LogP contribution in [0.2, 0.25) is 0 Å². The summed E-state index contributed by atoms with van der Waals surface area (Å²) in [6.45, 7) is 4.67. The highest BCUT2D eigenvalue weighted by atomic mass is 16.3. The van der Waals surface area contributed by atoms with Crippen molar-refractivity contribution in [3.63, 3.8) is 0 Å². The van der Waals surface area contributed by atoms with Gasteiger partial charge in [-0.3, -0.25) is 0 Å². The Morgan fingerprint density at radius 1 is 0.512 bits per heavy atom. The first-order valence-electron chi connectivity index (χ1n) is 14.2. The fraction of sp³-hybridized carbons (Fsp3) is 0.0769. The first kappa shape index (κ1) is 23.8. The second-order valence-electron chi connectivity index (χ2n) is 11.4. The molecular formula is C39H29NO. The van der Waals surface area contributed by atoms with Gasteiger partial charge in [0.2, 0.25) is 0 Å². The number of benzene rings is 6. The molecule has 1 aliphatic rings. The summed E-state index contributed by atoms with van der Waals surface area (Å²) in [6.07, 6.45) is 0. The smallest absolute Gasteiger partial charge is 0.137 e. The van der Waals surface area contributed by atoms with Crippen molar-refractivity contribution in [1.29, 1.82) is 0 Å². The minimum atomic E-state index is -0.0759. The minimum absolute atomic E-state index is 0.0759. The molecule has 196 valence electrons. The Bertz CT molecular complexity index is 2070. The Morgan fingerprint density at radius 2 is 1.17 bits per heavy atom. The van der Waals surface area contributed by atoms with Gasteiger partial charge < -0.3 is 9.32 Å². The Kier molecular flexibility index (Phi) is 5.20. The summed E-state index contributed by atoms with van der Waals surface area (Å²) < 4.78 is 6.35. The van der Waals surface area contributed by atoms with Gasteiger partial charge in [0.1, 0.15) is 11.2 Å². The molecule has 0 radical (unpaired) electrons. The number of fused-ring (bicyclic) bond motifs is 6. The van der Waals surface area contributed by atoms with Crippen molar-refractivity contribution in [2.75, 3.05) is 4.90 Å². The van der Waals surface area contributed by atoms with Gasteiger partial charge in [0.25, 0.3) is 0 Å². The van der Waals surface area contributed by atoms with E-state index in [9.17, 15) is 0 Å². The van der Waals surface area contributed by atoms with Gasteiger partial charge in [-0.15, -0.1) is 0 Å². The average Bonchev–Trinajstić information content (AvgIpc) is 3.50. The van der Waals surface area contributed by atoms with Crippen molar-refractivity contribution in [3.8, 4) is 22.3 Å². The first-order chi connectivity index (χ1) is 20.1. The Balaban J connectivity index is 1.36. The van der Waals surface area contributed by atoms with Crippen molar-refractivity contribution >= 4 is 39.0 Å². The van der Waals surface area contributed by atoms with Crippen molar-refractivity contribution < 1.29 is 4.42 Å². The fourth-order valence-electron chi connectivity index (χ4n) is 6.64. The van der Waals surface area contributed by atoms with Gasteiger partial charge in [0, 0.05) is 39.2 Å². The maximum atomic E-state index is 6.35. The predicted octanol–water partition coefficient (Wildman–Crippen LogP) is 11.0. The molecule has 0 bridgehead atoms. The van der Waals surface area contributed by atoms with E-state index in [1.54, 1.807) is 0 Å². The fourth-order valence-corrected chi connectivity index (χ4v) is 6.64. The van der Waals surface area contributed by atoms with E-state index in [-0.39, 0.29) is 5.41 Å². The summed E-state index contributed by atoms with van der Waals surface area (Å²) in [5.74, 6) is 0. The van der Waals surface area contributed by atoms with Crippen LogP contribution in [0, 0.1) is 0 Å². The molecule has 41 heavy (non-hydrogen) atoms. The Morgan fingerprint density at radius 3 is 2.02 bits per heavy atom. The van der Waals surface area contributed by atoms with E-state index in [1.807, 2.05) is 12.1 Å². The second-order valence-corrected chi connectivity index (χ2v) is 11.4.